The summed E-state index contributed by atoms with van der Waals surface area (Å²) < 4.78 is 7.50. The minimum Gasteiger partial charge on any atom is -0.477 e. The number of thiophene rings is 1. The Kier molecular flexibility index (Phi) is 6.68. The monoisotopic (exact) mass is 476 g/mol. The highest BCUT2D eigenvalue weighted by Gasteiger charge is 2.25. The average Bonchev–Trinajstić information content (AvgIpc) is 3.48. The van der Waals surface area contributed by atoms with E-state index in [2.05, 4.69) is 29.2 Å². The molecule has 170 valence electrons. The number of amides is 1. The van der Waals surface area contributed by atoms with Gasteiger partial charge in [0.2, 0.25) is 0 Å². The van der Waals surface area contributed by atoms with Gasteiger partial charge in [-0.25, -0.2) is 4.79 Å². The Balaban J connectivity index is 1.50. The third-order valence-electron chi connectivity index (χ3n) is 5.72. The summed E-state index contributed by atoms with van der Waals surface area (Å²) in [7, 11) is 0. The number of nitrogens with zero attached hydrogens (tertiary/aromatic N) is 3. The molecule has 0 atom stereocenters. The van der Waals surface area contributed by atoms with Crippen LogP contribution >= 0.6 is 22.9 Å². The number of carbonyl (C=O) groups excluding carboxylic acids is 1. The average molecular weight is 477 g/mol. The Morgan fingerprint density at radius 1 is 1.25 bits per heavy atom. The lowest BCUT2D eigenvalue weighted by Gasteiger charge is -2.34. The van der Waals surface area contributed by atoms with Crippen LogP contribution in [0, 0.1) is 0 Å². The topological polar surface area (TPSA) is 101 Å². The van der Waals surface area contributed by atoms with E-state index in [4.69, 9.17) is 16.1 Å². The predicted molar refractivity (Wildman–Crippen MR) is 123 cm³/mol. The van der Waals surface area contributed by atoms with Crippen LogP contribution in [-0.4, -0.2) is 56.8 Å². The molecule has 3 aromatic heterocycles. The fourth-order valence-corrected chi connectivity index (χ4v) is 4.95. The smallest absolute Gasteiger partial charge is 0.352 e. The molecule has 0 saturated carbocycles. The Morgan fingerprint density at radius 2 is 1.97 bits per heavy atom. The predicted octanol–water partition coefficient (Wildman–Crippen LogP) is 4.21. The maximum absolute atomic E-state index is 13.0. The van der Waals surface area contributed by atoms with E-state index in [1.807, 2.05) is 6.07 Å². The van der Waals surface area contributed by atoms with Crippen molar-refractivity contribution in [3.8, 4) is 10.6 Å². The first-order valence-electron chi connectivity index (χ1n) is 10.5. The Hall–Kier alpha value is -2.62. The zero-order valence-electron chi connectivity index (χ0n) is 17.9. The summed E-state index contributed by atoms with van der Waals surface area (Å²) >= 11 is 7.35. The van der Waals surface area contributed by atoms with Gasteiger partial charge in [-0.1, -0.05) is 16.8 Å². The number of carbonyl (C=O) groups is 2. The molecule has 0 bridgehead atoms. The van der Waals surface area contributed by atoms with Crippen molar-refractivity contribution in [2.45, 2.75) is 45.3 Å². The molecular formula is C22H25ClN4O4S. The lowest BCUT2D eigenvalue weighted by atomic mass is 10.0. The molecule has 0 aliphatic carbocycles. The zero-order valence-corrected chi connectivity index (χ0v) is 19.4. The van der Waals surface area contributed by atoms with Gasteiger partial charge >= 0.3 is 5.97 Å². The first-order valence-corrected chi connectivity index (χ1v) is 11.7. The highest BCUT2D eigenvalue weighted by atomic mass is 35.5. The van der Waals surface area contributed by atoms with Crippen LogP contribution in [0.2, 0.25) is 4.34 Å². The second-order valence-corrected chi connectivity index (χ2v) is 9.87. The summed E-state index contributed by atoms with van der Waals surface area (Å²) in [4.78, 5) is 28.0. The molecular weight excluding hydrogens is 452 g/mol. The molecule has 2 N–H and O–H groups in total. The van der Waals surface area contributed by atoms with Crippen molar-refractivity contribution < 1.29 is 19.2 Å². The number of rotatable bonds is 7. The maximum atomic E-state index is 13.0. The summed E-state index contributed by atoms with van der Waals surface area (Å²) in [5, 5.41) is 16.7. The third-order valence-corrected chi connectivity index (χ3v) is 6.97. The zero-order chi connectivity index (χ0) is 22.8. The summed E-state index contributed by atoms with van der Waals surface area (Å²) in [5.74, 6) is -0.846. The van der Waals surface area contributed by atoms with Crippen LogP contribution < -0.4 is 5.32 Å². The summed E-state index contributed by atoms with van der Waals surface area (Å²) in [6.45, 7) is 6.30. The Morgan fingerprint density at radius 3 is 2.59 bits per heavy atom. The number of piperidine rings is 1. The van der Waals surface area contributed by atoms with E-state index < -0.39 is 5.97 Å². The number of halogens is 1. The van der Waals surface area contributed by atoms with E-state index in [1.54, 1.807) is 18.2 Å². The van der Waals surface area contributed by atoms with Crippen LogP contribution in [0.3, 0.4) is 0 Å². The largest absolute Gasteiger partial charge is 0.477 e. The van der Waals surface area contributed by atoms with E-state index in [0.717, 1.165) is 30.8 Å². The van der Waals surface area contributed by atoms with Crippen molar-refractivity contribution in [1.82, 2.24) is 19.9 Å². The molecule has 1 aliphatic heterocycles. The number of carboxylic acid groups (broad SMARTS) is 1. The first-order chi connectivity index (χ1) is 15.3. The molecule has 1 saturated heterocycles. The summed E-state index contributed by atoms with van der Waals surface area (Å²) in [6.07, 6.45) is 1.73. The fraction of sp³-hybridized carbons (Fsp3) is 0.409. The molecule has 0 radical (unpaired) electrons. The number of likely N-dealkylation sites (tertiary alicyclic amines) is 1. The van der Waals surface area contributed by atoms with Crippen LogP contribution in [0.25, 0.3) is 10.6 Å². The van der Waals surface area contributed by atoms with Crippen LogP contribution in [0.5, 0.6) is 0 Å². The molecule has 0 spiro atoms. The third kappa shape index (κ3) is 4.90. The molecule has 4 heterocycles. The van der Waals surface area contributed by atoms with Crippen molar-refractivity contribution in [3.63, 3.8) is 0 Å². The normalized spacial score (nSPS) is 15.4. The molecule has 0 aromatic carbocycles. The number of hydrogen-bond acceptors (Lipinski definition) is 6. The van der Waals surface area contributed by atoms with E-state index in [1.165, 1.54) is 22.0 Å². The van der Waals surface area contributed by atoms with Crippen molar-refractivity contribution >= 4 is 34.8 Å². The second-order valence-electron chi connectivity index (χ2n) is 8.16. The number of aromatic nitrogens is 2. The molecule has 10 heteroatoms. The number of carboxylic acids is 1. The standard InChI is InChI=1S/C22H25ClN4O4S/c1-13(2)26-9-7-14(8-10-26)24-21(28)16-3-4-17(22(29)30)27(16)12-15-11-18(31-25-15)19-5-6-20(23)32-19/h3-6,11,13-14H,7-10,12H2,1-2H3,(H,24,28)(H,29,30). The molecule has 1 amide bonds. The quantitative estimate of drug-likeness (QED) is 0.529. The highest BCUT2D eigenvalue weighted by molar-refractivity contribution is 7.19. The number of hydrogen-bond donors (Lipinski definition) is 2. The molecule has 3 aromatic rings. The Bertz CT molecular complexity index is 1110. The fourth-order valence-electron chi connectivity index (χ4n) is 3.95. The van der Waals surface area contributed by atoms with Gasteiger partial charge in [0.1, 0.15) is 17.1 Å². The SMILES string of the molecule is CC(C)N1CCC(NC(=O)c2ccc(C(=O)O)n2Cc2cc(-c3ccc(Cl)s3)on2)CC1. The van der Waals surface area contributed by atoms with Gasteiger partial charge in [0.15, 0.2) is 5.76 Å². The van der Waals surface area contributed by atoms with E-state index in [0.29, 0.717) is 21.8 Å². The summed E-state index contributed by atoms with van der Waals surface area (Å²) in [6, 6.07) is 8.87. The van der Waals surface area contributed by atoms with Crippen molar-refractivity contribution in [2.75, 3.05) is 13.1 Å². The molecule has 4 rings (SSSR count). The minimum absolute atomic E-state index is 0.0218. The van der Waals surface area contributed by atoms with Gasteiger partial charge in [0, 0.05) is 31.2 Å². The maximum Gasteiger partial charge on any atom is 0.352 e. The highest BCUT2D eigenvalue weighted by Crippen LogP contribution is 2.31. The second kappa shape index (κ2) is 9.48. The van der Waals surface area contributed by atoms with Crippen LogP contribution in [0.4, 0.5) is 0 Å². The van der Waals surface area contributed by atoms with Crippen molar-refractivity contribution in [1.29, 1.82) is 0 Å². The van der Waals surface area contributed by atoms with E-state index in [-0.39, 0.29) is 29.9 Å². The van der Waals surface area contributed by atoms with Crippen LogP contribution in [0.1, 0.15) is 53.4 Å². The van der Waals surface area contributed by atoms with E-state index in [9.17, 15) is 14.7 Å². The lowest BCUT2D eigenvalue weighted by molar-refractivity contribution is 0.0685. The van der Waals surface area contributed by atoms with Crippen LogP contribution in [-0.2, 0) is 6.54 Å². The molecule has 8 nitrogen and oxygen atoms in total. The van der Waals surface area contributed by atoms with Gasteiger partial charge in [-0.15, -0.1) is 11.3 Å². The number of aromatic carboxylic acids is 1. The van der Waals surface area contributed by atoms with Gasteiger partial charge in [0.05, 0.1) is 15.8 Å². The summed E-state index contributed by atoms with van der Waals surface area (Å²) in [5.41, 5.74) is 0.827. The van der Waals surface area contributed by atoms with Crippen molar-refractivity contribution in [2.24, 2.45) is 0 Å². The van der Waals surface area contributed by atoms with Gasteiger partial charge in [-0.3, -0.25) is 4.79 Å². The molecule has 1 aliphatic rings. The van der Waals surface area contributed by atoms with Gasteiger partial charge in [-0.2, -0.15) is 0 Å². The van der Waals surface area contributed by atoms with Gasteiger partial charge in [0.25, 0.3) is 5.91 Å². The lowest BCUT2D eigenvalue weighted by Crippen LogP contribution is -2.47. The van der Waals surface area contributed by atoms with Crippen LogP contribution in [0.15, 0.2) is 34.9 Å². The first kappa shape index (κ1) is 22.6. The van der Waals surface area contributed by atoms with E-state index >= 15 is 0 Å². The van der Waals surface area contributed by atoms with Gasteiger partial charge in [-0.05, 0) is 51.0 Å². The number of nitrogens with one attached hydrogen (secondary N) is 1. The Labute approximate surface area is 194 Å². The van der Waals surface area contributed by atoms with Gasteiger partial charge < -0.3 is 24.4 Å². The molecule has 1 fully saturated rings. The minimum atomic E-state index is -1.11. The molecule has 0 unspecified atom stereocenters. The molecule has 32 heavy (non-hydrogen) atoms. The van der Waals surface area contributed by atoms with Crippen molar-refractivity contribution in [3.05, 3.63) is 51.7 Å².